The number of rotatable bonds is 4. The minimum absolute atomic E-state index is 0.406. The van der Waals surface area contributed by atoms with Crippen molar-refractivity contribution in [3.05, 3.63) is 29.3 Å². The fraction of sp³-hybridized carbons (Fsp3) is 0.538. The Labute approximate surface area is 103 Å². The zero-order valence-corrected chi connectivity index (χ0v) is 10.4. The van der Waals surface area contributed by atoms with Crippen LogP contribution in [0.3, 0.4) is 0 Å². The number of nitrogens with one attached hydrogen (secondary N) is 2. The number of hydrogen-bond acceptors (Lipinski definition) is 4. The van der Waals surface area contributed by atoms with E-state index in [9.17, 15) is 5.11 Å². The standard InChI is InChI=1S/C13H21N3O/c1-14-9-11-2-3-13(17)12(8-11)10-16-6-4-15-5-7-16/h2-3,8,14-15,17H,4-7,9-10H2,1H3. The van der Waals surface area contributed by atoms with Gasteiger partial charge in [0, 0.05) is 44.8 Å². The number of aromatic hydroxyl groups is 1. The molecule has 1 heterocycles. The Morgan fingerprint density at radius 1 is 1.35 bits per heavy atom. The van der Waals surface area contributed by atoms with Crippen LogP contribution in [-0.4, -0.2) is 43.2 Å². The van der Waals surface area contributed by atoms with Crippen LogP contribution in [0.25, 0.3) is 0 Å². The number of piperazine rings is 1. The fourth-order valence-electron chi connectivity index (χ4n) is 2.19. The summed E-state index contributed by atoms with van der Waals surface area (Å²) in [5, 5.41) is 16.3. The van der Waals surface area contributed by atoms with Crippen molar-refractivity contribution < 1.29 is 5.11 Å². The molecule has 0 spiro atoms. The van der Waals surface area contributed by atoms with E-state index in [1.54, 1.807) is 6.07 Å². The van der Waals surface area contributed by atoms with E-state index in [-0.39, 0.29) is 0 Å². The first-order valence-corrected chi connectivity index (χ1v) is 6.18. The molecule has 0 aliphatic carbocycles. The summed E-state index contributed by atoms with van der Waals surface area (Å²) in [7, 11) is 1.93. The van der Waals surface area contributed by atoms with Crippen LogP contribution in [-0.2, 0) is 13.1 Å². The molecule has 0 amide bonds. The van der Waals surface area contributed by atoms with Gasteiger partial charge in [-0.2, -0.15) is 0 Å². The Balaban J connectivity index is 2.04. The Morgan fingerprint density at radius 3 is 2.82 bits per heavy atom. The normalized spacial score (nSPS) is 17.2. The topological polar surface area (TPSA) is 47.5 Å². The fourth-order valence-corrected chi connectivity index (χ4v) is 2.19. The van der Waals surface area contributed by atoms with E-state index in [2.05, 4.69) is 21.6 Å². The van der Waals surface area contributed by atoms with Crippen LogP contribution in [0.1, 0.15) is 11.1 Å². The molecule has 0 aromatic heterocycles. The number of benzene rings is 1. The van der Waals surface area contributed by atoms with Gasteiger partial charge < -0.3 is 15.7 Å². The summed E-state index contributed by atoms with van der Waals surface area (Å²) < 4.78 is 0. The smallest absolute Gasteiger partial charge is 0.120 e. The second-order valence-corrected chi connectivity index (χ2v) is 4.52. The van der Waals surface area contributed by atoms with Crippen molar-refractivity contribution in [2.75, 3.05) is 33.2 Å². The van der Waals surface area contributed by atoms with Gasteiger partial charge in [-0.3, -0.25) is 4.90 Å². The van der Waals surface area contributed by atoms with Gasteiger partial charge in [0.05, 0.1) is 0 Å². The summed E-state index contributed by atoms with van der Waals surface area (Å²) in [5.74, 6) is 0.406. The molecule has 1 fully saturated rings. The third kappa shape index (κ3) is 3.43. The van der Waals surface area contributed by atoms with E-state index in [0.717, 1.165) is 44.8 Å². The first kappa shape index (κ1) is 12.4. The minimum Gasteiger partial charge on any atom is -0.508 e. The molecule has 4 nitrogen and oxygen atoms in total. The highest BCUT2D eigenvalue weighted by molar-refractivity contribution is 5.36. The predicted molar refractivity (Wildman–Crippen MR) is 69.0 cm³/mol. The Kier molecular flexibility index (Phi) is 4.36. The number of hydrogen-bond donors (Lipinski definition) is 3. The van der Waals surface area contributed by atoms with Crippen LogP contribution < -0.4 is 10.6 Å². The summed E-state index contributed by atoms with van der Waals surface area (Å²) in [6, 6.07) is 5.85. The number of phenolic OH excluding ortho intramolecular Hbond substituents is 1. The minimum atomic E-state index is 0.406. The largest absolute Gasteiger partial charge is 0.508 e. The molecular weight excluding hydrogens is 214 g/mol. The molecule has 1 aromatic carbocycles. The van der Waals surface area contributed by atoms with Crippen LogP contribution in [0, 0.1) is 0 Å². The Bertz CT molecular complexity index is 362. The van der Waals surface area contributed by atoms with Gasteiger partial charge in [0.25, 0.3) is 0 Å². The Morgan fingerprint density at radius 2 is 2.12 bits per heavy atom. The molecule has 2 rings (SSSR count). The molecule has 1 aromatic rings. The summed E-state index contributed by atoms with van der Waals surface area (Å²) >= 11 is 0. The molecule has 94 valence electrons. The van der Waals surface area contributed by atoms with Crippen LogP contribution in [0.4, 0.5) is 0 Å². The van der Waals surface area contributed by atoms with E-state index in [0.29, 0.717) is 5.75 Å². The van der Waals surface area contributed by atoms with Crippen molar-refractivity contribution in [1.82, 2.24) is 15.5 Å². The molecule has 0 atom stereocenters. The summed E-state index contributed by atoms with van der Waals surface area (Å²) in [6.07, 6.45) is 0. The molecule has 0 radical (unpaired) electrons. The van der Waals surface area contributed by atoms with Gasteiger partial charge in [0.15, 0.2) is 0 Å². The monoisotopic (exact) mass is 235 g/mol. The van der Waals surface area contributed by atoms with E-state index in [4.69, 9.17) is 0 Å². The van der Waals surface area contributed by atoms with Crippen LogP contribution in [0.2, 0.25) is 0 Å². The quantitative estimate of drug-likeness (QED) is 0.712. The highest BCUT2D eigenvalue weighted by Gasteiger charge is 2.12. The lowest BCUT2D eigenvalue weighted by Gasteiger charge is -2.27. The van der Waals surface area contributed by atoms with E-state index in [1.165, 1.54) is 5.56 Å². The third-order valence-corrected chi connectivity index (χ3v) is 3.13. The molecule has 0 bridgehead atoms. The molecule has 1 aliphatic rings. The van der Waals surface area contributed by atoms with Crippen molar-refractivity contribution in [3.63, 3.8) is 0 Å². The van der Waals surface area contributed by atoms with Crippen molar-refractivity contribution >= 4 is 0 Å². The lowest BCUT2D eigenvalue weighted by molar-refractivity contribution is 0.230. The summed E-state index contributed by atoms with van der Waals surface area (Å²) in [4.78, 5) is 2.37. The lowest BCUT2D eigenvalue weighted by Crippen LogP contribution is -2.42. The van der Waals surface area contributed by atoms with E-state index >= 15 is 0 Å². The zero-order chi connectivity index (χ0) is 12.1. The van der Waals surface area contributed by atoms with Gasteiger partial charge >= 0.3 is 0 Å². The number of nitrogens with zero attached hydrogens (tertiary/aromatic N) is 1. The molecule has 0 unspecified atom stereocenters. The van der Waals surface area contributed by atoms with Gasteiger partial charge in [-0.05, 0) is 24.7 Å². The first-order valence-electron chi connectivity index (χ1n) is 6.18. The van der Waals surface area contributed by atoms with Gasteiger partial charge in [-0.25, -0.2) is 0 Å². The molecule has 4 heteroatoms. The van der Waals surface area contributed by atoms with Gasteiger partial charge in [-0.1, -0.05) is 6.07 Å². The maximum absolute atomic E-state index is 9.87. The number of phenols is 1. The Hall–Kier alpha value is -1.10. The second-order valence-electron chi connectivity index (χ2n) is 4.52. The molecule has 3 N–H and O–H groups in total. The first-order chi connectivity index (χ1) is 8.29. The van der Waals surface area contributed by atoms with Crippen LogP contribution >= 0.6 is 0 Å². The molecular formula is C13H21N3O. The maximum atomic E-state index is 9.87. The van der Waals surface area contributed by atoms with Crippen molar-refractivity contribution in [3.8, 4) is 5.75 Å². The van der Waals surface area contributed by atoms with E-state index in [1.807, 2.05) is 13.1 Å². The summed E-state index contributed by atoms with van der Waals surface area (Å²) in [6.45, 7) is 5.86. The highest BCUT2D eigenvalue weighted by atomic mass is 16.3. The van der Waals surface area contributed by atoms with Gasteiger partial charge in [0.2, 0.25) is 0 Å². The average Bonchev–Trinajstić information content (AvgIpc) is 2.35. The second kappa shape index (κ2) is 6.00. The van der Waals surface area contributed by atoms with E-state index < -0.39 is 0 Å². The lowest BCUT2D eigenvalue weighted by atomic mass is 10.1. The molecule has 17 heavy (non-hydrogen) atoms. The van der Waals surface area contributed by atoms with Crippen molar-refractivity contribution in [2.24, 2.45) is 0 Å². The third-order valence-electron chi connectivity index (χ3n) is 3.13. The van der Waals surface area contributed by atoms with Crippen LogP contribution in [0.5, 0.6) is 5.75 Å². The highest BCUT2D eigenvalue weighted by Crippen LogP contribution is 2.20. The zero-order valence-electron chi connectivity index (χ0n) is 10.4. The molecule has 1 aliphatic heterocycles. The van der Waals surface area contributed by atoms with Crippen LogP contribution in [0.15, 0.2) is 18.2 Å². The predicted octanol–water partition coefficient (Wildman–Crippen LogP) is 0.517. The SMILES string of the molecule is CNCc1ccc(O)c(CN2CCNCC2)c1. The van der Waals surface area contributed by atoms with Crippen molar-refractivity contribution in [2.45, 2.75) is 13.1 Å². The molecule has 1 saturated heterocycles. The van der Waals surface area contributed by atoms with Gasteiger partial charge in [0.1, 0.15) is 5.75 Å². The van der Waals surface area contributed by atoms with Gasteiger partial charge in [-0.15, -0.1) is 0 Å². The molecule has 0 saturated carbocycles. The van der Waals surface area contributed by atoms with Crippen molar-refractivity contribution in [1.29, 1.82) is 0 Å². The average molecular weight is 235 g/mol. The summed E-state index contributed by atoms with van der Waals surface area (Å²) in [5.41, 5.74) is 2.25. The maximum Gasteiger partial charge on any atom is 0.120 e.